The van der Waals surface area contributed by atoms with Gasteiger partial charge in [-0.05, 0) is 24.6 Å². The average Bonchev–Trinajstić information content (AvgIpc) is 3.21. The van der Waals surface area contributed by atoms with Crippen LogP contribution in [0.2, 0.25) is 0 Å². The van der Waals surface area contributed by atoms with E-state index in [0.29, 0.717) is 27.8 Å². The summed E-state index contributed by atoms with van der Waals surface area (Å²) in [7, 11) is 0. The molecule has 0 saturated heterocycles. The number of ketones is 2. The zero-order valence-electron chi connectivity index (χ0n) is 28.8. The van der Waals surface area contributed by atoms with Gasteiger partial charge in [0.05, 0.1) is 34.9 Å². The quantitative estimate of drug-likeness (QED) is 0.128. The first-order chi connectivity index (χ1) is 26.3. The maximum Gasteiger partial charge on any atom is 0.368 e. The highest BCUT2D eigenvalue weighted by molar-refractivity contribution is 6.13. The summed E-state index contributed by atoms with van der Waals surface area (Å²) in [6.07, 6.45) is 5.18. The smallest absolute Gasteiger partial charge is 0.368 e. The molecule has 54 heavy (non-hydrogen) atoms. The van der Waals surface area contributed by atoms with E-state index in [1.807, 2.05) is 12.1 Å². The van der Waals surface area contributed by atoms with Crippen LogP contribution < -0.4 is 11.4 Å². The van der Waals surface area contributed by atoms with Crippen molar-refractivity contribution in [3.63, 3.8) is 0 Å². The van der Waals surface area contributed by atoms with Crippen molar-refractivity contribution >= 4 is 24.0 Å². The van der Waals surface area contributed by atoms with E-state index in [9.17, 15) is 24.3 Å². The van der Waals surface area contributed by atoms with E-state index in [4.69, 9.17) is 0 Å². The van der Waals surface area contributed by atoms with Crippen molar-refractivity contribution in [3.8, 4) is 28.3 Å². The number of carbonyl (C=O) groups excluding carboxylic acids is 2. The third kappa shape index (κ3) is 7.37. The molecule has 0 unspecified atom stereocenters. The van der Waals surface area contributed by atoms with Crippen LogP contribution in [0.3, 0.4) is 0 Å². The Bertz CT molecular complexity index is 2510. The molecule has 2 aromatic heterocycles. The molecule has 0 radical (unpaired) electrons. The van der Waals surface area contributed by atoms with Crippen LogP contribution in [0.4, 0.5) is 0 Å². The van der Waals surface area contributed by atoms with Crippen LogP contribution in [0.15, 0.2) is 166 Å². The third-order valence-electron chi connectivity index (χ3n) is 8.43. The highest BCUT2D eigenvalue weighted by atomic mass is 16.3. The SMILES string of the molecule is Cc1cc(/C=N/n2cc(C(=O)c3ccccc3)c(-c3ccccc3)nc2=O)c(O)c(/C=N/n2cc(C(=O)c3ccccc3)c(-c3ccccc3)nc2=O)c1. The van der Waals surface area contributed by atoms with E-state index in [2.05, 4.69) is 20.2 Å². The predicted molar refractivity (Wildman–Crippen MR) is 206 cm³/mol. The summed E-state index contributed by atoms with van der Waals surface area (Å²) >= 11 is 0. The van der Waals surface area contributed by atoms with Gasteiger partial charge in [0.1, 0.15) is 5.75 Å². The van der Waals surface area contributed by atoms with Crippen LogP contribution in [-0.4, -0.2) is 48.4 Å². The molecule has 2 heterocycles. The minimum Gasteiger partial charge on any atom is -0.507 e. The highest BCUT2D eigenvalue weighted by Crippen LogP contribution is 2.25. The van der Waals surface area contributed by atoms with E-state index in [1.54, 1.807) is 128 Å². The molecule has 7 aromatic rings. The number of rotatable bonds is 10. The molecule has 1 N–H and O–H groups in total. The lowest BCUT2D eigenvalue weighted by Crippen LogP contribution is -2.23. The molecule has 0 amide bonds. The van der Waals surface area contributed by atoms with Gasteiger partial charge >= 0.3 is 11.4 Å². The zero-order chi connectivity index (χ0) is 37.6. The first kappa shape index (κ1) is 34.8. The number of benzene rings is 5. The number of carbonyl (C=O) groups is 2. The molecule has 11 heteroatoms. The number of phenolic OH excluding ortho intramolecular Hbond substituents is 1. The maximum absolute atomic E-state index is 13.6. The lowest BCUT2D eigenvalue weighted by atomic mass is 9.99. The lowest BCUT2D eigenvalue weighted by Gasteiger charge is -2.10. The van der Waals surface area contributed by atoms with Crippen LogP contribution in [0.1, 0.15) is 48.5 Å². The lowest BCUT2D eigenvalue weighted by molar-refractivity contribution is 0.103. The van der Waals surface area contributed by atoms with Crippen molar-refractivity contribution in [2.75, 3.05) is 0 Å². The van der Waals surface area contributed by atoms with Gasteiger partial charge in [0.2, 0.25) is 0 Å². The molecule has 0 aliphatic carbocycles. The summed E-state index contributed by atoms with van der Waals surface area (Å²) in [4.78, 5) is 62.2. The molecule has 0 aliphatic heterocycles. The number of aromatic hydroxyl groups is 1. The Hall–Kier alpha value is -7.66. The number of aryl methyl sites for hydroxylation is 1. The zero-order valence-corrected chi connectivity index (χ0v) is 28.8. The third-order valence-corrected chi connectivity index (χ3v) is 8.43. The normalized spacial score (nSPS) is 11.3. The summed E-state index contributed by atoms with van der Waals surface area (Å²) in [6, 6.07) is 38.4. The minimum atomic E-state index is -0.740. The molecule has 7 rings (SSSR count). The van der Waals surface area contributed by atoms with Crippen molar-refractivity contribution in [1.29, 1.82) is 0 Å². The van der Waals surface area contributed by atoms with Crippen LogP contribution in [-0.2, 0) is 0 Å². The van der Waals surface area contributed by atoms with Crippen LogP contribution in [0.5, 0.6) is 5.75 Å². The van der Waals surface area contributed by atoms with Crippen molar-refractivity contribution in [1.82, 2.24) is 19.3 Å². The molecule has 0 bridgehead atoms. The molecule has 0 fully saturated rings. The number of phenols is 1. The van der Waals surface area contributed by atoms with Gasteiger partial charge in [-0.3, -0.25) is 9.59 Å². The van der Waals surface area contributed by atoms with Gasteiger partial charge in [-0.25, -0.2) is 9.59 Å². The van der Waals surface area contributed by atoms with E-state index in [1.165, 1.54) is 24.8 Å². The minimum absolute atomic E-state index is 0.160. The molecule has 0 atom stereocenters. The summed E-state index contributed by atoms with van der Waals surface area (Å²) in [5, 5.41) is 19.8. The fourth-order valence-electron chi connectivity index (χ4n) is 5.79. The van der Waals surface area contributed by atoms with E-state index in [0.717, 1.165) is 9.35 Å². The van der Waals surface area contributed by atoms with Crippen LogP contribution >= 0.6 is 0 Å². The Morgan fingerprint density at radius 2 is 0.926 bits per heavy atom. The fourth-order valence-corrected chi connectivity index (χ4v) is 5.79. The first-order valence-electron chi connectivity index (χ1n) is 16.8. The Kier molecular flexibility index (Phi) is 9.85. The van der Waals surface area contributed by atoms with Crippen LogP contribution in [0.25, 0.3) is 22.5 Å². The number of hydrogen-bond acceptors (Lipinski definition) is 9. The summed E-state index contributed by atoms with van der Waals surface area (Å²) in [5.74, 6) is -0.950. The second-order valence-electron chi connectivity index (χ2n) is 12.2. The maximum atomic E-state index is 13.6. The van der Waals surface area contributed by atoms with E-state index in [-0.39, 0.29) is 51.0 Å². The molecule has 11 nitrogen and oxygen atoms in total. The Balaban J connectivity index is 1.25. The average molecular weight is 711 g/mol. The van der Waals surface area contributed by atoms with Gasteiger partial charge in [0, 0.05) is 45.8 Å². The number of nitrogens with zero attached hydrogens (tertiary/aromatic N) is 6. The Labute approximate surface area is 308 Å². The van der Waals surface area contributed by atoms with Crippen molar-refractivity contribution in [3.05, 3.63) is 206 Å². The van der Waals surface area contributed by atoms with Crippen molar-refractivity contribution in [2.24, 2.45) is 10.2 Å². The fraction of sp³-hybridized carbons (Fsp3) is 0.0233. The predicted octanol–water partition coefficient (Wildman–Crippen LogP) is 6.37. The molecule has 0 spiro atoms. The van der Waals surface area contributed by atoms with Crippen molar-refractivity contribution < 1.29 is 14.7 Å². The Morgan fingerprint density at radius 3 is 1.30 bits per heavy atom. The first-order valence-corrected chi connectivity index (χ1v) is 16.8. The van der Waals surface area contributed by atoms with E-state index < -0.39 is 11.4 Å². The molecule has 0 saturated carbocycles. The van der Waals surface area contributed by atoms with Gasteiger partial charge in [-0.15, -0.1) is 0 Å². The van der Waals surface area contributed by atoms with Gasteiger partial charge in [-0.2, -0.15) is 29.5 Å². The second-order valence-corrected chi connectivity index (χ2v) is 12.2. The number of hydrogen-bond donors (Lipinski definition) is 1. The molecule has 0 aliphatic rings. The Morgan fingerprint density at radius 1 is 0.574 bits per heavy atom. The van der Waals surface area contributed by atoms with Gasteiger partial charge in [-0.1, -0.05) is 121 Å². The summed E-state index contributed by atoms with van der Waals surface area (Å²) in [5.41, 5.74) is 2.40. The summed E-state index contributed by atoms with van der Waals surface area (Å²) < 4.78 is 1.87. The largest absolute Gasteiger partial charge is 0.507 e. The topological polar surface area (TPSA) is 149 Å². The van der Waals surface area contributed by atoms with Gasteiger partial charge < -0.3 is 5.11 Å². The number of aromatic nitrogens is 4. The highest BCUT2D eigenvalue weighted by Gasteiger charge is 2.20. The second kappa shape index (κ2) is 15.3. The van der Waals surface area contributed by atoms with Crippen LogP contribution in [0, 0.1) is 6.92 Å². The molecule has 5 aromatic carbocycles. The standard InChI is InChI=1S/C43H30N6O5/c1-28-22-33(24-44-48-26-35(40(51)31-18-10-4-11-19-31)37(46-42(48)53)29-14-6-2-7-15-29)39(50)34(23-28)25-45-49-27-36(41(52)32-20-12-5-13-21-32)38(47-43(49)54)30-16-8-3-9-17-30/h2-27,50H,1H3/b44-24+,45-25+. The molecule has 262 valence electrons. The van der Waals surface area contributed by atoms with Crippen molar-refractivity contribution in [2.45, 2.75) is 6.92 Å². The monoisotopic (exact) mass is 710 g/mol. The molecular formula is C43H30N6O5. The van der Waals surface area contributed by atoms with Gasteiger partial charge in [0.25, 0.3) is 0 Å². The molecular weight excluding hydrogens is 681 g/mol. The summed E-state index contributed by atoms with van der Waals surface area (Å²) in [6.45, 7) is 1.78. The van der Waals surface area contributed by atoms with Gasteiger partial charge in [0.15, 0.2) is 11.6 Å². The van der Waals surface area contributed by atoms with E-state index >= 15 is 0 Å².